The van der Waals surface area contributed by atoms with Gasteiger partial charge in [-0.3, -0.25) is 4.99 Å². The molecule has 0 bridgehead atoms. The zero-order valence-electron chi connectivity index (χ0n) is 4.63. The number of aliphatic imine (C=N–C) groups is 1. The Morgan fingerprint density at radius 2 is 2.75 bits per heavy atom. The first kappa shape index (κ1) is 5.10. The van der Waals surface area contributed by atoms with E-state index in [0.717, 1.165) is 6.54 Å². The first-order valence-corrected chi connectivity index (χ1v) is 2.35. The molecule has 0 spiro atoms. The summed E-state index contributed by atoms with van der Waals surface area (Å²) in [7, 11) is 1.84. The molecule has 8 heavy (non-hydrogen) atoms. The highest BCUT2D eigenvalue weighted by atomic mass is 15.2. The average Bonchev–Trinajstić information content (AvgIpc) is 2.14. The Bertz CT molecular complexity index is 154. The summed E-state index contributed by atoms with van der Waals surface area (Å²) in [6.45, 7) is 2.49. The average molecular weight is 108 g/mol. The molecule has 0 aromatic rings. The molecule has 0 N–H and O–H groups in total. The monoisotopic (exact) mass is 108 g/mol. The van der Waals surface area contributed by atoms with Crippen LogP contribution >= 0.6 is 0 Å². The fourth-order valence-corrected chi connectivity index (χ4v) is 0.549. The number of likely N-dealkylation sites (N-methyl/N-ethyl adjacent to an activating group) is 1. The van der Waals surface area contributed by atoms with E-state index in [1.165, 1.54) is 0 Å². The van der Waals surface area contributed by atoms with Crippen LogP contribution in [0, 0.1) is 17.9 Å². The van der Waals surface area contributed by atoms with E-state index < -0.39 is 0 Å². The Labute approximate surface area is 48.2 Å². The van der Waals surface area contributed by atoms with Crippen molar-refractivity contribution in [3.05, 3.63) is 6.54 Å². The van der Waals surface area contributed by atoms with Gasteiger partial charge in [0.05, 0.1) is 6.54 Å². The Morgan fingerprint density at radius 3 is 3.00 bits per heavy atom. The lowest BCUT2D eigenvalue weighted by Gasteiger charge is -2.04. The highest BCUT2D eigenvalue weighted by Crippen LogP contribution is 1.99. The highest BCUT2D eigenvalue weighted by molar-refractivity contribution is 5.97. The molecule has 0 atom stereocenters. The summed E-state index contributed by atoms with van der Waals surface area (Å²) >= 11 is 0. The second-order valence-electron chi connectivity index (χ2n) is 1.63. The molecule has 1 aliphatic heterocycles. The van der Waals surface area contributed by atoms with Crippen LogP contribution in [-0.2, 0) is 0 Å². The molecular formula is C5H6N3. The molecule has 0 unspecified atom stereocenters. The molecule has 1 aliphatic rings. The third kappa shape index (κ3) is 0.648. The lowest BCUT2D eigenvalue weighted by atomic mass is 10.6. The summed E-state index contributed by atoms with van der Waals surface area (Å²) in [5.41, 5.74) is 0. The maximum absolute atomic E-state index is 8.29. The largest absolute Gasteiger partial charge is 0.349 e. The second kappa shape index (κ2) is 1.83. The molecular weight excluding hydrogens is 102 g/mol. The zero-order valence-corrected chi connectivity index (χ0v) is 4.63. The predicted octanol–water partition coefficient (Wildman–Crippen LogP) is 0.0157. The fraction of sp³-hybridized carbons (Fsp3) is 0.400. The first-order chi connectivity index (χ1) is 3.84. The molecule has 0 aliphatic carbocycles. The van der Waals surface area contributed by atoms with Gasteiger partial charge in [0.25, 0.3) is 0 Å². The van der Waals surface area contributed by atoms with Crippen molar-refractivity contribution in [3.63, 3.8) is 0 Å². The Hall–Kier alpha value is -1.04. The van der Waals surface area contributed by atoms with E-state index >= 15 is 0 Å². The molecule has 0 fully saturated rings. The minimum absolute atomic E-state index is 0.505. The van der Waals surface area contributed by atoms with Crippen molar-refractivity contribution < 1.29 is 0 Å². The molecule has 1 heterocycles. The van der Waals surface area contributed by atoms with E-state index in [-0.39, 0.29) is 0 Å². The van der Waals surface area contributed by atoms with Crippen LogP contribution in [0.15, 0.2) is 4.99 Å². The maximum Gasteiger partial charge on any atom is 0.204 e. The van der Waals surface area contributed by atoms with E-state index in [1.807, 2.05) is 13.1 Å². The van der Waals surface area contributed by atoms with Gasteiger partial charge in [0.15, 0.2) is 0 Å². The Morgan fingerprint density at radius 1 is 2.00 bits per heavy atom. The van der Waals surface area contributed by atoms with Crippen LogP contribution in [0.5, 0.6) is 0 Å². The molecule has 41 valence electrons. The van der Waals surface area contributed by atoms with Crippen molar-refractivity contribution in [3.8, 4) is 6.07 Å². The number of hydrogen-bond donors (Lipinski definition) is 0. The van der Waals surface area contributed by atoms with Gasteiger partial charge in [0, 0.05) is 13.6 Å². The van der Waals surface area contributed by atoms with E-state index in [2.05, 4.69) is 4.99 Å². The molecule has 3 nitrogen and oxygen atoms in total. The number of nitrogens with zero attached hydrogens (tertiary/aromatic N) is 3. The van der Waals surface area contributed by atoms with Crippen LogP contribution in [0.1, 0.15) is 0 Å². The van der Waals surface area contributed by atoms with Crippen LogP contribution in [0.25, 0.3) is 0 Å². The van der Waals surface area contributed by atoms with E-state index in [0.29, 0.717) is 5.84 Å². The summed E-state index contributed by atoms with van der Waals surface area (Å²) in [5, 5.41) is 8.29. The van der Waals surface area contributed by atoms with Gasteiger partial charge in [-0.25, -0.2) is 0 Å². The van der Waals surface area contributed by atoms with Crippen LogP contribution < -0.4 is 0 Å². The lowest BCUT2D eigenvalue weighted by Crippen LogP contribution is -2.19. The van der Waals surface area contributed by atoms with E-state index in [4.69, 9.17) is 5.26 Å². The molecule has 0 aromatic carbocycles. The predicted molar refractivity (Wildman–Crippen MR) is 30.0 cm³/mol. The summed E-state index contributed by atoms with van der Waals surface area (Å²) < 4.78 is 0. The smallest absolute Gasteiger partial charge is 0.204 e. The maximum atomic E-state index is 8.29. The molecule has 3 heteroatoms. The van der Waals surface area contributed by atoms with Gasteiger partial charge in [-0.15, -0.1) is 0 Å². The first-order valence-electron chi connectivity index (χ1n) is 2.35. The number of nitriles is 1. The summed E-state index contributed by atoms with van der Waals surface area (Å²) in [5.74, 6) is 0.505. The van der Waals surface area contributed by atoms with Crippen molar-refractivity contribution in [1.29, 1.82) is 5.26 Å². The van der Waals surface area contributed by atoms with Crippen LogP contribution in [0.3, 0.4) is 0 Å². The second-order valence-corrected chi connectivity index (χ2v) is 1.63. The molecule has 0 saturated carbocycles. The molecule has 1 radical (unpaired) electrons. The van der Waals surface area contributed by atoms with E-state index in [1.54, 1.807) is 11.4 Å². The molecule has 0 saturated heterocycles. The van der Waals surface area contributed by atoms with Crippen LogP contribution in [0.2, 0.25) is 0 Å². The van der Waals surface area contributed by atoms with Gasteiger partial charge in [0.1, 0.15) is 6.07 Å². The fourth-order valence-electron chi connectivity index (χ4n) is 0.549. The number of hydrogen-bond acceptors (Lipinski definition) is 3. The van der Waals surface area contributed by atoms with Crippen molar-refractivity contribution >= 4 is 5.84 Å². The highest BCUT2D eigenvalue weighted by Gasteiger charge is 2.09. The van der Waals surface area contributed by atoms with Crippen molar-refractivity contribution in [2.24, 2.45) is 4.99 Å². The van der Waals surface area contributed by atoms with Gasteiger partial charge >= 0.3 is 0 Å². The minimum Gasteiger partial charge on any atom is -0.349 e. The molecule has 0 amide bonds. The quantitative estimate of drug-likeness (QED) is 0.438. The Kier molecular flexibility index (Phi) is 1.17. The van der Waals surface area contributed by atoms with Gasteiger partial charge in [-0.2, -0.15) is 5.26 Å². The lowest BCUT2D eigenvalue weighted by molar-refractivity contribution is 0.579. The van der Waals surface area contributed by atoms with E-state index in [9.17, 15) is 0 Å². The SMILES string of the molecule is CN1C[CH]N=C1C#N. The summed E-state index contributed by atoms with van der Waals surface area (Å²) in [4.78, 5) is 5.58. The summed E-state index contributed by atoms with van der Waals surface area (Å²) in [6, 6.07) is 1.96. The van der Waals surface area contributed by atoms with Gasteiger partial charge in [-0.05, 0) is 0 Å². The number of rotatable bonds is 0. The molecule has 1 rings (SSSR count). The topological polar surface area (TPSA) is 39.4 Å². The third-order valence-corrected chi connectivity index (χ3v) is 1.03. The van der Waals surface area contributed by atoms with Crippen molar-refractivity contribution in [2.75, 3.05) is 13.6 Å². The zero-order chi connectivity index (χ0) is 5.98. The van der Waals surface area contributed by atoms with Gasteiger partial charge in [-0.1, -0.05) is 0 Å². The molecule has 0 aromatic heterocycles. The standard InChI is InChI=1S/C5H6N3/c1-8-3-2-7-5(8)4-6/h2H,3H2,1H3. The number of amidine groups is 1. The van der Waals surface area contributed by atoms with Crippen LogP contribution in [0.4, 0.5) is 0 Å². The third-order valence-electron chi connectivity index (χ3n) is 1.03. The van der Waals surface area contributed by atoms with Gasteiger partial charge in [0.2, 0.25) is 5.84 Å². The minimum atomic E-state index is 0.505. The Balaban J connectivity index is 2.66. The van der Waals surface area contributed by atoms with Crippen LogP contribution in [-0.4, -0.2) is 24.3 Å². The normalized spacial score (nSPS) is 18.0. The van der Waals surface area contributed by atoms with Gasteiger partial charge < -0.3 is 4.90 Å². The van der Waals surface area contributed by atoms with Crippen molar-refractivity contribution in [2.45, 2.75) is 0 Å². The summed E-state index contributed by atoms with van der Waals surface area (Å²) in [6.07, 6.45) is 0. The van der Waals surface area contributed by atoms with Crippen molar-refractivity contribution in [1.82, 2.24) is 4.90 Å².